The van der Waals surface area contributed by atoms with E-state index in [1.54, 1.807) is 0 Å². The maximum atomic E-state index is 4.02. The van der Waals surface area contributed by atoms with Gasteiger partial charge in [0.05, 0.1) is 0 Å². The average Bonchev–Trinajstić information content (AvgIpc) is 1.86. The molecule has 1 heterocycles. The van der Waals surface area contributed by atoms with Gasteiger partial charge in [0, 0.05) is 13.1 Å². The third kappa shape index (κ3) is 0.891. The third-order valence-electron chi connectivity index (χ3n) is 3.02. The van der Waals surface area contributed by atoms with Gasteiger partial charge < -0.3 is 5.32 Å². The van der Waals surface area contributed by atoms with Crippen molar-refractivity contribution in [3.8, 4) is 0 Å². The van der Waals surface area contributed by atoms with Crippen LogP contribution in [0.5, 0.6) is 0 Å². The standard InChI is InChI=1S/C9H15N/c1-8-2-4-9(5-3-8)6-10-7-9/h10H,1-7H2. The summed E-state index contributed by atoms with van der Waals surface area (Å²) in [6.07, 6.45) is 5.33. The summed E-state index contributed by atoms with van der Waals surface area (Å²) >= 11 is 0. The number of rotatable bonds is 0. The summed E-state index contributed by atoms with van der Waals surface area (Å²) in [4.78, 5) is 0. The SMILES string of the molecule is C=C1CCC2(CC1)CNC2. The van der Waals surface area contributed by atoms with Crippen LogP contribution in [0.3, 0.4) is 0 Å². The number of hydrogen-bond donors (Lipinski definition) is 1. The van der Waals surface area contributed by atoms with Gasteiger partial charge >= 0.3 is 0 Å². The Morgan fingerprint density at radius 2 is 1.80 bits per heavy atom. The van der Waals surface area contributed by atoms with Crippen molar-refractivity contribution >= 4 is 0 Å². The molecule has 0 unspecified atom stereocenters. The van der Waals surface area contributed by atoms with Crippen molar-refractivity contribution in [3.05, 3.63) is 12.2 Å². The lowest BCUT2D eigenvalue weighted by atomic mass is 9.69. The molecule has 1 heteroatoms. The molecular weight excluding hydrogens is 122 g/mol. The molecule has 0 aromatic carbocycles. The van der Waals surface area contributed by atoms with E-state index in [4.69, 9.17) is 0 Å². The van der Waals surface area contributed by atoms with Crippen LogP contribution in [0.1, 0.15) is 25.7 Å². The minimum Gasteiger partial charge on any atom is -0.316 e. The minimum atomic E-state index is 0.710. The van der Waals surface area contributed by atoms with Crippen LogP contribution < -0.4 is 5.32 Å². The fourth-order valence-electron chi connectivity index (χ4n) is 1.97. The van der Waals surface area contributed by atoms with E-state index in [9.17, 15) is 0 Å². The molecule has 0 amide bonds. The molecule has 0 bridgehead atoms. The average molecular weight is 137 g/mol. The molecule has 1 aliphatic heterocycles. The van der Waals surface area contributed by atoms with Gasteiger partial charge in [-0.3, -0.25) is 0 Å². The predicted molar refractivity (Wildman–Crippen MR) is 42.9 cm³/mol. The van der Waals surface area contributed by atoms with Gasteiger partial charge in [0.25, 0.3) is 0 Å². The smallest absolute Gasteiger partial charge is 0.00204 e. The highest BCUT2D eigenvalue weighted by Crippen LogP contribution is 2.40. The molecular formula is C9H15N. The Morgan fingerprint density at radius 3 is 2.20 bits per heavy atom. The Hall–Kier alpha value is -0.300. The highest BCUT2D eigenvalue weighted by molar-refractivity contribution is 5.06. The molecule has 0 atom stereocenters. The Balaban J connectivity index is 1.96. The Bertz CT molecular complexity index is 144. The van der Waals surface area contributed by atoms with E-state index in [0.717, 1.165) is 0 Å². The largest absolute Gasteiger partial charge is 0.316 e. The summed E-state index contributed by atoms with van der Waals surface area (Å²) in [6, 6.07) is 0. The molecule has 2 fully saturated rings. The van der Waals surface area contributed by atoms with Crippen molar-refractivity contribution in [2.45, 2.75) is 25.7 Å². The van der Waals surface area contributed by atoms with Crippen molar-refractivity contribution in [1.29, 1.82) is 0 Å². The van der Waals surface area contributed by atoms with Gasteiger partial charge in [-0.1, -0.05) is 12.2 Å². The van der Waals surface area contributed by atoms with Crippen LogP contribution in [0.4, 0.5) is 0 Å². The maximum absolute atomic E-state index is 4.02. The molecule has 1 saturated heterocycles. The fraction of sp³-hybridized carbons (Fsp3) is 0.778. The highest BCUT2D eigenvalue weighted by atomic mass is 15.0. The molecule has 56 valence electrons. The van der Waals surface area contributed by atoms with E-state index in [-0.39, 0.29) is 0 Å². The van der Waals surface area contributed by atoms with E-state index >= 15 is 0 Å². The topological polar surface area (TPSA) is 12.0 Å². The lowest BCUT2D eigenvalue weighted by molar-refractivity contribution is 0.124. The second-order valence-corrected chi connectivity index (χ2v) is 3.85. The summed E-state index contributed by atoms with van der Waals surface area (Å²) in [7, 11) is 0. The fourth-order valence-corrected chi connectivity index (χ4v) is 1.97. The van der Waals surface area contributed by atoms with Crippen LogP contribution in [0.25, 0.3) is 0 Å². The lowest BCUT2D eigenvalue weighted by Gasteiger charge is -2.46. The van der Waals surface area contributed by atoms with Crippen LogP contribution >= 0.6 is 0 Å². The van der Waals surface area contributed by atoms with Crippen molar-refractivity contribution in [2.75, 3.05) is 13.1 Å². The Labute approximate surface area is 62.5 Å². The van der Waals surface area contributed by atoms with Gasteiger partial charge in [0.15, 0.2) is 0 Å². The van der Waals surface area contributed by atoms with Gasteiger partial charge in [0.1, 0.15) is 0 Å². The lowest BCUT2D eigenvalue weighted by Crippen LogP contribution is -2.54. The van der Waals surface area contributed by atoms with Crippen LogP contribution in [0.2, 0.25) is 0 Å². The molecule has 1 saturated carbocycles. The zero-order valence-corrected chi connectivity index (χ0v) is 6.45. The van der Waals surface area contributed by atoms with Crippen LogP contribution in [-0.4, -0.2) is 13.1 Å². The van der Waals surface area contributed by atoms with E-state index in [2.05, 4.69) is 11.9 Å². The summed E-state index contributed by atoms with van der Waals surface area (Å²) in [6.45, 7) is 6.55. The summed E-state index contributed by atoms with van der Waals surface area (Å²) in [5, 5.41) is 3.36. The highest BCUT2D eigenvalue weighted by Gasteiger charge is 2.38. The zero-order valence-electron chi connectivity index (χ0n) is 6.45. The monoisotopic (exact) mass is 137 g/mol. The molecule has 0 aromatic heterocycles. The number of allylic oxidation sites excluding steroid dienone is 1. The summed E-state index contributed by atoms with van der Waals surface area (Å²) < 4.78 is 0. The van der Waals surface area contributed by atoms with Gasteiger partial charge in [-0.05, 0) is 31.1 Å². The predicted octanol–water partition coefficient (Wildman–Crippen LogP) is 1.71. The first kappa shape index (κ1) is 6.41. The molecule has 1 N–H and O–H groups in total. The molecule has 1 nitrogen and oxygen atoms in total. The van der Waals surface area contributed by atoms with Gasteiger partial charge in [-0.15, -0.1) is 0 Å². The normalized spacial score (nSPS) is 30.2. The number of hydrogen-bond acceptors (Lipinski definition) is 1. The van der Waals surface area contributed by atoms with Crippen molar-refractivity contribution in [2.24, 2.45) is 5.41 Å². The molecule has 10 heavy (non-hydrogen) atoms. The van der Waals surface area contributed by atoms with Gasteiger partial charge in [-0.25, -0.2) is 0 Å². The first-order valence-corrected chi connectivity index (χ1v) is 4.18. The minimum absolute atomic E-state index is 0.710. The van der Waals surface area contributed by atoms with Gasteiger partial charge in [0.2, 0.25) is 0 Å². The van der Waals surface area contributed by atoms with E-state index in [0.29, 0.717) is 5.41 Å². The first-order chi connectivity index (χ1) is 4.81. The van der Waals surface area contributed by atoms with E-state index < -0.39 is 0 Å². The van der Waals surface area contributed by atoms with E-state index in [1.807, 2.05) is 0 Å². The molecule has 0 aromatic rings. The van der Waals surface area contributed by atoms with Crippen molar-refractivity contribution in [3.63, 3.8) is 0 Å². The van der Waals surface area contributed by atoms with Gasteiger partial charge in [-0.2, -0.15) is 0 Å². The molecule has 2 rings (SSSR count). The van der Waals surface area contributed by atoms with E-state index in [1.165, 1.54) is 44.3 Å². The summed E-state index contributed by atoms with van der Waals surface area (Å²) in [5.74, 6) is 0. The molecule has 1 spiro atoms. The second-order valence-electron chi connectivity index (χ2n) is 3.85. The second kappa shape index (κ2) is 2.09. The Morgan fingerprint density at radius 1 is 1.20 bits per heavy atom. The maximum Gasteiger partial charge on any atom is 0.00204 e. The van der Waals surface area contributed by atoms with Crippen molar-refractivity contribution in [1.82, 2.24) is 5.32 Å². The number of nitrogens with one attached hydrogen (secondary N) is 1. The van der Waals surface area contributed by atoms with Crippen LogP contribution in [-0.2, 0) is 0 Å². The first-order valence-electron chi connectivity index (χ1n) is 4.18. The molecule has 1 aliphatic carbocycles. The zero-order chi connectivity index (χ0) is 7.03. The molecule has 2 aliphatic rings. The summed E-state index contributed by atoms with van der Waals surface area (Å²) in [5.41, 5.74) is 2.18. The third-order valence-corrected chi connectivity index (χ3v) is 3.02. The molecule has 0 radical (unpaired) electrons. The van der Waals surface area contributed by atoms with Crippen LogP contribution in [0, 0.1) is 5.41 Å². The van der Waals surface area contributed by atoms with Crippen LogP contribution in [0.15, 0.2) is 12.2 Å². The Kier molecular flexibility index (Phi) is 1.34. The van der Waals surface area contributed by atoms with Crippen molar-refractivity contribution < 1.29 is 0 Å². The quantitative estimate of drug-likeness (QED) is 0.501.